The third-order valence-corrected chi connectivity index (χ3v) is 4.74. The molecule has 0 aliphatic rings. The summed E-state index contributed by atoms with van der Waals surface area (Å²) >= 11 is 0. The largest absolute Gasteiger partial charge is 0.297 e. The second-order valence-corrected chi connectivity index (χ2v) is 6.20. The number of rotatable bonds is 11. The topological polar surface area (TPSA) is 41.3 Å². The van der Waals surface area contributed by atoms with Crippen LogP contribution >= 0.6 is 0 Å². The highest BCUT2D eigenvalue weighted by Gasteiger charge is 2.34. The molecule has 3 nitrogen and oxygen atoms in total. The van der Waals surface area contributed by atoms with Crippen LogP contribution in [0.3, 0.4) is 0 Å². The minimum atomic E-state index is 0.109. The van der Waals surface area contributed by atoms with Crippen molar-refractivity contribution < 1.29 is 0 Å². The summed E-state index contributed by atoms with van der Waals surface area (Å²) in [5.41, 5.74) is 3.20. The van der Waals surface area contributed by atoms with Gasteiger partial charge >= 0.3 is 0 Å². The van der Waals surface area contributed by atoms with Gasteiger partial charge < -0.3 is 0 Å². The van der Waals surface area contributed by atoms with Crippen LogP contribution < -0.4 is 11.3 Å². The van der Waals surface area contributed by atoms with Gasteiger partial charge in [-0.25, -0.2) is 0 Å². The Balaban J connectivity index is 4.69. The van der Waals surface area contributed by atoms with Gasteiger partial charge in [-0.3, -0.25) is 16.2 Å². The Bertz CT molecular complexity index is 212. The van der Waals surface area contributed by atoms with Gasteiger partial charge in [-0.1, -0.05) is 53.4 Å². The van der Waals surface area contributed by atoms with Crippen LogP contribution in [0.5, 0.6) is 0 Å². The zero-order valence-electron chi connectivity index (χ0n) is 14.1. The number of nitrogens with one attached hydrogen (secondary N) is 1. The lowest BCUT2D eigenvalue weighted by Gasteiger charge is -2.44. The molecule has 19 heavy (non-hydrogen) atoms. The molecule has 0 fully saturated rings. The van der Waals surface area contributed by atoms with Gasteiger partial charge in [-0.15, -0.1) is 0 Å². The third kappa shape index (κ3) is 5.80. The summed E-state index contributed by atoms with van der Waals surface area (Å²) in [6.45, 7) is 15.8. The van der Waals surface area contributed by atoms with E-state index in [4.69, 9.17) is 5.84 Å². The van der Waals surface area contributed by atoms with E-state index >= 15 is 0 Å². The van der Waals surface area contributed by atoms with E-state index < -0.39 is 0 Å². The molecular formula is C16H37N3. The van der Waals surface area contributed by atoms with Crippen LogP contribution in [0, 0.1) is 5.92 Å². The second-order valence-electron chi connectivity index (χ2n) is 6.20. The van der Waals surface area contributed by atoms with Crippen LogP contribution in [0.4, 0.5) is 0 Å². The standard InChI is InChI=1S/C16H37N3/c1-7-11-12-14(8-2)13-15(18-17)16(5,6)19(9-3)10-4/h14-15,18H,7-13,17H2,1-6H3. The fourth-order valence-corrected chi connectivity index (χ4v) is 3.13. The highest BCUT2D eigenvalue weighted by molar-refractivity contribution is 4.93. The van der Waals surface area contributed by atoms with Crippen molar-refractivity contribution in [3.05, 3.63) is 0 Å². The molecule has 0 saturated carbocycles. The Morgan fingerprint density at radius 1 is 1.11 bits per heavy atom. The summed E-state index contributed by atoms with van der Waals surface area (Å²) in [6, 6.07) is 0.356. The van der Waals surface area contributed by atoms with Crippen LogP contribution in [0.1, 0.15) is 73.6 Å². The van der Waals surface area contributed by atoms with Crippen molar-refractivity contribution in [3.63, 3.8) is 0 Å². The minimum Gasteiger partial charge on any atom is -0.297 e. The molecular weight excluding hydrogens is 234 g/mol. The number of nitrogens with two attached hydrogens (primary N) is 1. The van der Waals surface area contributed by atoms with Gasteiger partial charge in [-0.05, 0) is 39.3 Å². The summed E-state index contributed by atoms with van der Waals surface area (Å²) < 4.78 is 0. The highest BCUT2D eigenvalue weighted by atomic mass is 15.3. The zero-order chi connectivity index (χ0) is 14.9. The van der Waals surface area contributed by atoms with E-state index in [2.05, 4.69) is 51.9 Å². The molecule has 116 valence electrons. The predicted octanol–water partition coefficient (Wildman–Crippen LogP) is 3.55. The molecule has 0 heterocycles. The summed E-state index contributed by atoms with van der Waals surface area (Å²) in [5.74, 6) is 6.65. The van der Waals surface area contributed by atoms with Gasteiger partial charge in [0.25, 0.3) is 0 Å². The summed E-state index contributed by atoms with van der Waals surface area (Å²) in [7, 11) is 0. The first-order chi connectivity index (χ1) is 8.97. The van der Waals surface area contributed by atoms with Crippen LogP contribution in [0.2, 0.25) is 0 Å². The Hall–Kier alpha value is -0.120. The fraction of sp³-hybridized carbons (Fsp3) is 1.00. The van der Waals surface area contributed by atoms with Crippen LogP contribution in [0.25, 0.3) is 0 Å². The van der Waals surface area contributed by atoms with Gasteiger partial charge in [0.15, 0.2) is 0 Å². The van der Waals surface area contributed by atoms with E-state index in [9.17, 15) is 0 Å². The SMILES string of the molecule is CCCCC(CC)CC(NN)C(C)(C)N(CC)CC. The number of nitrogens with zero attached hydrogens (tertiary/aromatic N) is 1. The molecule has 0 rings (SSSR count). The Labute approximate surface area is 121 Å². The maximum Gasteiger partial charge on any atom is 0.0392 e. The van der Waals surface area contributed by atoms with E-state index in [1.165, 1.54) is 32.1 Å². The minimum absolute atomic E-state index is 0.109. The number of hydrogen-bond donors (Lipinski definition) is 2. The predicted molar refractivity (Wildman–Crippen MR) is 86.0 cm³/mol. The normalized spacial score (nSPS) is 15.8. The quantitative estimate of drug-likeness (QED) is 0.446. The van der Waals surface area contributed by atoms with E-state index in [1.54, 1.807) is 0 Å². The van der Waals surface area contributed by atoms with Gasteiger partial charge in [0.2, 0.25) is 0 Å². The fourth-order valence-electron chi connectivity index (χ4n) is 3.13. The highest BCUT2D eigenvalue weighted by Crippen LogP contribution is 2.27. The average Bonchev–Trinajstić information content (AvgIpc) is 2.40. The van der Waals surface area contributed by atoms with Crippen molar-refractivity contribution in [3.8, 4) is 0 Å². The smallest absolute Gasteiger partial charge is 0.0392 e. The van der Waals surface area contributed by atoms with E-state index in [0.717, 1.165) is 19.0 Å². The summed E-state index contributed by atoms with van der Waals surface area (Å²) in [5, 5.41) is 0. The van der Waals surface area contributed by atoms with Gasteiger partial charge in [0.05, 0.1) is 0 Å². The number of hydrazine groups is 1. The van der Waals surface area contributed by atoms with Crippen LogP contribution in [-0.2, 0) is 0 Å². The van der Waals surface area contributed by atoms with Gasteiger partial charge in [-0.2, -0.15) is 0 Å². The van der Waals surface area contributed by atoms with Gasteiger partial charge in [0, 0.05) is 11.6 Å². The maximum absolute atomic E-state index is 5.86. The van der Waals surface area contributed by atoms with Crippen molar-refractivity contribution in [1.29, 1.82) is 0 Å². The molecule has 2 unspecified atom stereocenters. The molecule has 0 aliphatic carbocycles. The zero-order valence-corrected chi connectivity index (χ0v) is 14.1. The first-order valence-corrected chi connectivity index (χ1v) is 8.18. The van der Waals surface area contributed by atoms with Crippen molar-refractivity contribution in [2.75, 3.05) is 13.1 Å². The molecule has 0 aliphatic heterocycles. The molecule has 0 saturated heterocycles. The lowest BCUT2D eigenvalue weighted by atomic mass is 9.83. The molecule has 0 radical (unpaired) electrons. The third-order valence-electron chi connectivity index (χ3n) is 4.74. The molecule has 2 atom stereocenters. The van der Waals surface area contributed by atoms with E-state index in [-0.39, 0.29) is 5.54 Å². The van der Waals surface area contributed by atoms with Gasteiger partial charge in [0.1, 0.15) is 0 Å². The number of unbranched alkanes of at least 4 members (excludes halogenated alkanes) is 1. The Morgan fingerprint density at radius 3 is 2.05 bits per heavy atom. The maximum atomic E-state index is 5.86. The van der Waals surface area contributed by atoms with Crippen LogP contribution in [-0.4, -0.2) is 29.6 Å². The van der Waals surface area contributed by atoms with Crippen molar-refractivity contribution in [2.24, 2.45) is 11.8 Å². The Morgan fingerprint density at radius 2 is 1.68 bits per heavy atom. The monoisotopic (exact) mass is 271 g/mol. The molecule has 0 aromatic carbocycles. The molecule has 0 bridgehead atoms. The molecule has 3 heteroatoms. The van der Waals surface area contributed by atoms with Crippen molar-refractivity contribution in [1.82, 2.24) is 10.3 Å². The van der Waals surface area contributed by atoms with Crippen molar-refractivity contribution in [2.45, 2.75) is 85.2 Å². The lowest BCUT2D eigenvalue weighted by molar-refractivity contribution is 0.0785. The first-order valence-electron chi connectivity index (χ1n) is 8.18. The number of likely N-dealkylation sites (N-methyl/N-ethyl adjacent to an activating group) is 1. The summed E-state index contributed by atoms with van der Waals surface area (Å²) in [6.07, 6.45) is 6.39. The molecule has 3 N–H and O–H groups in total. The Kier molecular flexibility index (Phi) is 9.67. The molecule has 0 aromatic heterocycles. The first kappa shape index (κ1) is 18.9. The molecule has 0 aromatic rings. The van der Waals surface area contributed by atoms with E-state index in [0.29, 0.717) is 6.04 Å². The van der Waals surface area contributed by atoms with Crippen molar-refractivity contribution >= 4 is 0 Å². The van der Waals surface area contributed by atoms with Crippen LogP contribution in [0.15, 0.2) is 0 Å². The average molecular weight is 271 g/mol. The lowest BCUT2D eigenvalue weighted by Crippen LogP contribution is -2.59. The number of hydrogen-bond acceptors (Lipinski definition) is 3. The van der Waals surface area contributed by atoms with E-state index in [1.807, 2.05) is 0 Å². The summed E-state index contributed by atoms with van der Waals surface area (Å²) in [4.78, 5) is 2.50. The molecule has 0 amide bonds. The molecule has 0 spiro atoms. The second kappa shape index (κ2) is 9.73.